The van der Waals surface area contributed by atoms with Crippen LogP contribution in [0.15, 0.2) is 60.7 Å². The number of likely N-dealkylation sites (N-methyl/N-ethyl adjacent to an activating group) is 1. The van der Waals surface area contributed by atoms with Crippen molar-refractivity contribution in [3.05, 3.63) is 71.9 Å². The molecule has 3 aromatic rings. The van der Waals surface area contributed by atoms with Gasteiger partial charge < -0.3 is 20.4 Å². The first-order valence-electron chi connectivity index (χ1n) is 11.8. The summed E-state index contributed by atoms with van der Waals surface area (Å²) < 4.78 is 0. The molecular weight excluding hydrogens is 426 g/mol. The fourth-order valence-corrected chi connectivity index (χ4v) is 4.87. The van der Waals surface area contributed by atoms with Crippen LogP contribution in [0, 0.1) is 6.92 Å². The minimum atomic E-state index is -0.480. The minimum absolute atomic E-state index is 0.163. The summed E-state index contributed by atoms with van der Waals surface area (Å²) in [5.74, 6) is 0.163. The second-order valence-corrected chi connectivity index (χ2v) is 9.20. The summed E-state index contributed by atoms with van der Waals surface area (Å²) in [6.45, 7) is 4.82. The van der Waals surface area contributed by atoms with Crippen LogP contribution in [0.1, 0.15) is 24.1 Å². The van der Waals surface area contributed by atoms with Crippen LogP contribution in [0.3, 0.4) is 0 Å². The monoisotopic (exact) mass is 459 g/mol. The van der Waals surface area contributed by atoms with Crippen molar-refractivity contribution < 1.29 is 9.59 Å². The van der Waals surface area contributed by atoms with Crippen molar-refractivity contribution in [1.29, 1.82) is 0 Å². The normalized spacial score (nSPS) is 15.6. The predicted octanol–water partition coefficient (Wildman–Crippen LogP) is 3.79. The van der Waals surface area contributed by atoms with E-state index in [-0.39, 0.29) is 11.9 Å². The third-order valence-corrected chi connectivity index (χ3v) is 6.66. The number of nitrogens with one attached hydrogen (secondary N) is 2. The second kappa shape index (κ2) is 10.2. The van der Waals surface area contributed by atoms with E-state index in [4.69, 9.17) is 0 Å². The molecule has 0 bridgehead atoms. The lowest BCUT2D eigenvalue weighted by Crippen LogP contribution is -2.52. The Morgan fingerprint density at radius 1 is 1.03 bits per heavy atom. The van der Waals surface area contributed by atoms with E-state index in [2.05, 4.69) is 32.7 Å². The number of para-hydroxylation sites is 1. The Hall–Kier alpha value is -3.45. The van der Waals surface area contributed by atoms with Crippen molar-refractivity contribution in [2.75, 3.05) is 45.6 Å². The molecule has 0 radical (unpaired) electrons. The molecule has 7 nitrogen and oxygen atoms in total. The lowest BCUT2D eigenvalue weighted by molar-refractivity contribution is -0.136. The molecule has 2 N–H and O–H groups in total. The molecular formula is C27H33N5O2. The van der Waals surface area contributed by atoms with E-state index >= 15 is 0 Å². The molecule has 0 spiro atoms. The molecule has 3 amide bonds. The van der Waals surface area contributed by atoms with E-state index in [1.54, 1.807) is 4.90 Å². The summed E-state index contributed by atoms with van der Waals surface area (Å²) >= 11 is 0. The molecule has 0 aliphatic carbocycles. The molecule has 0 saturated carbocycles. The number of fused-ring (bicyclic) bond motifs is 1. The standard InChI is InChI=1S/C27H33N5O2/c1-20-19-24(22-11-7-8-12-23(22)29-20)30-26(34)28-15-18-32-16-13-27(14-17-32,25(33)31(2)3)21-9-5-4-6-10-21/h4-12,19H,13-18H2,1-3H3,(H2,28,29,30,34). The number of rotatable bonds is 6. The molecule has 1 saturated heterocycles. The predicted molar refractivity (Wildman–Crippen MR) is 136 cm³/mol. The summed E-state index contributed by atoms with van der Waals surface area (Å²) in [6.07, 6.45) is 1.53. The lowest BCUT2D eigenvalue weighted by atomic mass is 9.71. The van der Waals surface area contributed by atoms with E-state index in [0.29, 0.717) is 6.54 Å². The van der Waals surface area contributed by atoms with Gasteiger partial charge in [-0.25, -0.2) is 4.79 Å². The maximum Gasteiger partial charge on any atom is 0.319 e. The summed E-state index contributed by atoms with van der Waals surface area (Å²) in [7, 11) is 3.66. The van der Waals surface area contributed by atoms with Crippen LogP contribution < -0.4 is 10.6 Å². The summed E-state index contributed by atoms with van der Waals surface area (Å²) in [5.41, 5.74) is 3.09. The Labute approximate surface area is 201 Å². The molecule has 0 unspecified atom stereocenters. The Morgan fingerprint density at radius 2 is 1.71 bits per heavy atom. The number of nitrogens with zero attached hydrogens (tertiary/aromatic N) is 3. The molecule has 1 fully saturated rings. The first-order valence-corrected chi connectivity index (χ1v) is 11.8. The first-order chi connectivity index (χ1) is 16.4. The lowest BCUT2D eigenvalue weighted by Gasteiger charge is -2.42. The van der Waals surface area contributed by atoms with Crippen LogP contribution in [0.25, 0.3) is 10.9 Å². The van der Waals surface area contributed by atoms with Gasteiger partial charge in [0.15, 0.2) is 0 Å². The third kappa shape index (κ3) is 5.04. The summed E-state index contributed by atoms with van der Waals surface area (Å²) in [5, 5.41) is 6.85. The second-order valence-electron chi connectivity index (χ2n) is 9.20. The number of urea groups is 1. The zero-order chi connectivity index (χ0) is 24.1. The largest absolute Gasteiger partial charge is 0.348 e. The van der Waals surface area contributed by atoms with Gasteiger partial charge in [0.05, 0.1) is 16.6 Å². The van der Waals surface area contributed by atoms with Gasteiger partial charge in [0.1, 0.15) is 0 Å². The van der Waals surface area contributed by atoms with Gasteiger partial charge in [-0.1, -0.05) is 48.5 Å². The van der Waals surface area contributed by atoms with E-state index in [1.807, 2.05) is 69.6 Å². The smallest absolute Gasteiger partial charge is 0.319 e. The van der Waals surface area contributed by atoms with Crippen molar-refractivity contribution in [3.8, 4) is 0 Å². The molecule has 178 valence electrons. The van der Waals surface area contributed by atoms with Gasteiger partial charge in [0, 0.05) is 38.3 Å². The van der Waals surface area contributed by atoms with Crippen LogP contribution in [-0.4, -0.2) is 67.0 Å². The Bertz CT molecular complexity index is 1150. The van der Waals surface area contributed by atoms with Gasteiger partial charge in [-0.2, -0.15) is 0 Å². The third-order valence-electron chi connectivity index (χ3n) is 6.66. The molecule has 2 heterocycles. The van der Waals surface area contributed by atoms with E-state index in [0.717, 1.165) is 60.3 Å². The number of piperidine rings is 1. The molecule has 1 aliphatic heterocycles. The summed E-state index contributed by atoms with van der Waals surface area (Å²) in [4.78, 5) is 34.3. The van der Waals surface area contributed by atoms with Crippen LogP contribution in [0.5, 0.6) is 0 Å². The van der Waals surface area contributed by atoms with Crippen molar-refractivity contribution in [2.24, 2.45) is 0 Å². The van der Waals surface area contributed by atoms with Crippen LogP contribution >= 0.6 is 0 Å². The van der Waals surface area contributed by atoms with Crippen molar-refractivity contribution in [3.63, 3.8) is 0 Å². The van der Waals surface area contributed by atoms with Crippen LogP contribution in [-0.2, 0) is 10.2 Å². The Morgan fingerprint density at radius 3 is 2.41 bits per heavy atom. The van der Waals surface area contributed by atoms with Gasteiger partial charge in [-0.3, -0.25) is 9.78 Å². The molecule has 1 aliphatic rings. The number of carbonyl (C=O) groups excluding carboxylic acids is 2. The molecule has 7 heteroatoms. The highest BCUT2D eigenvalue weighted by atomic mass is 16.2. The average Bonchev–Trinajstić information content (AvgIpc) is 2.84. The number of aryl methyl sites for hydroxylation is 1. The Balaban J connectivity index is 1.32. The summed E-state index contributed by atoms with van der Waals surface area (Å²) in [6, 6.07) is 19.6. The van der Waals surface area contributed by atoms with E-state index in [9.17, 15) is 9.59 Å². The number of pyridine rings is 1. The highest BCUT2D eigenvalue weighted by molar-refractivity contribution is 6.00. The number of anilines is 1. The van der Waals surface area contributed by atoms with Gasteiger partial charge in [-0.05, 0) is 50.6 Å². The molecule has 34 heavy (non-hydrogen) atoms. The molecule has 4 rings (SSSR count). The topological polar surface area (TPSA) is 77.6 Å². The van der Waals surface area contributed by atoms with E-state index < -0.39 is 5.41 Å². The fraction of sp³-hybridized carbons (Fsp3) is 0.370. The zero-order valence-electron chi connectivity index (χ0n) is 20.2. The number of hydrogen-bond donors (Lipinski definition) is 2. The maximum absolute atomic E-state index is 13.2. The minimum Gasteiger partial charge on any atom is -0.348 e. The maximum atomic E-state index is 13.2. The highest BCUT2D eigenvalue weighted by Gasteiger charge is 2.43. The van der Waals surface area contributed by atoms with Gasteiger partial charge >= 0.3 is 6.03 Å². The zero-order valence-corrected chi connectivity index (χ0v) is 20.2. The molecule has 2 aromatic carbocycles. The number of carbonyl (C=O) groups is 2. The van der Waals surface area contributed by atoms with E-state index in [1.165, 1.54) is 0 Å². The molecule has 0 atom stereocenters. The number of amides is 3. The van der Waals surface area contributed by atoms with Crippen molar-refractivity contribution in [2.45, 2.75) is 25.2 Å². The van der Waals surface area contributed by atoms with Crippen LogP contribution in [0.2, 0.25) is 0 Å². The van der Waals surface area contributed by atoms with Crippen molar-refractivity contribution in [1.82, 2.24) is 20.1 Å². The van der Waals surface area contributed by atoms with Gasteiger partial charge in [0.2, 0.25) is 5.91 Å². The number of hydrogen-bond acceptors (Lipinski definition) is 4. The quantitative estimate of drug-likeness (QED) is 0.588. The first kappa shape index (κ1) is 23.7. The van der Waals surface area contributed by atoms with Crippen molar-refractivity contribution >= 4 is 28.5 Å². The fourth-order valence-electron chi connectivity index (χ4n) is 4.87. The van der Waals surface area contributed by atoms with Gasteiger partial charge in [-0.15, -0.1) is 0 Å². The number of likely N-dealkylation sites (tertiary alicyclic amines) is 1. The SMILES string of the molecule is Cc1cc(NC(=O)NCCN2CCC(C(=O)N(C)C)(c3ccccc3)CC2)c2ccccc2n1. The highest BCUT2D eigenvalue weighted by Crippen LogP contribution is 2.37. The average molecular weight is 460 g/mol. The number of aromatic nitrogens is 1. The molecule has 1 aromatic heterocycles. The number of benzene rings is 2. The van der Waals surface area contributed by atoms with Gasteiger partial charge in [0.25, 0.3) is 0 Å². The Kier molecular flexibility index (Phi) is 7.12. The van der Waals surface area contributed by atoms with Crippen LogP contribution in [0.4, 0.5) is 10.5 Å².